The SMILES string of the molecule is CCCCN(C)C/C=C(\c1ccc(C)cc1)c1ccccn1. The smallest absolute Gasteiger partial charge is 0.0705 e. The van der Waals surface area contributed by atoms with Crippen LogP contribution in [0.2, 0.25) is 0 Å². The van der Waals surface area contributed by atoms with Crippen LogP contribution < -0.4 is 0 Å². The second kappa shape index (κ2) is 8.50. The molecule has 0 aliphatic rings. The highest BCUT2D eigenvalue weighted by Gasteiger charge is 2.06. The van der Waals surface area contributed by atoms with Crippen LogP contribution in [0, 0.1) is 6.92 Å². The van der Waals surface area contributed by atoms with Crippen molar-refractivity contribution in [3.8, 4) is 0 Å². The highest BCUT2D eigenvalue weighted by Crippen LogP contribution is 2.22. The molecule has 2 nitrogen and oxygen atoms in total. The van der Waals surface area contributed by atoms with E-state index in [1.165, 1.54) is 29.5 Å². The lowest BCUT2D eigenvalue weighted by molar-refractivity contribution is 0.362. The Morgan fingerprint density at radius 1 is 1.14 bits per heavy atom. The summed E-state index contributed by atoms with van der Waals surface area (Å²) in [4.78, 5) is 6.89. The van der Waals surface area contributed by atoms with Crippen LogP contribution in [0.3, 0.4) is 0 Å². The van der Waals surface area contributed by atoms with Crippen molar-refractivity contribution < 1.29 is 0 Å². The van der Waals surface area contributed by atoms with E-state index in [0.29, 0.717) is 0 Å². The molecule has 0 saturated carbocycles. The van der Waals surface area contributed by atoms with Crippen molar-refractivity contribution in [2.24, 2.45) is 0 Å². The zero-order valence-electron chi connectivity index (χ0n) is 13.9. The van der Waals surface area contributed by atoms with Crippen LogP contribution in [0.25, 0.3) is 5.57 Å². The Morgan fingerprint density at radius 2 is 1.91 bits per heavy atom. The monoisotopic (exact) mass is 294 g/mol. The summed E-state index contributed by atoms with van der Waals surface area (Å²) in [7, 11) is 2.18. The van der Waals surface area contributed by atoms with Gasteiger partial charge in [-0.05, 0) is 44.6 Å². The van der Waals surface area contributed by atoms with Gasteiger partial charge in [0.25, 0.3) is 0 Å². The number of hydrogen-bond acceptors (Lipinski definition) is 2. The Bertz CT molecular complexity index is 585. The van der Waals surface area contributed by atoms with E-state index in [9.17, 15) is 0 Å². The van der Waals surface area contributed by atoms with Crippen molar-refractivity contribution in [3.63, 3.8) is 0 Å². The summed E-state index contributed by atoms with van der Waals surface area (Å²) in [6, 6.07) is 14.8. The molecule has 1 aromatic carbocycles. The molecule has 2 rings (SSSR count). The van der Waals surface area contributed by atoms with Gasteiger partial charge in [0.05, 0.1) is 5.69 Å². The number of pyridine rings is 1. The van der Waals surface area contributed by atoms with E-state index in [0.717, 1.165) is 18.8 Å². The first-order chi connectivity index (χ1) is 10.7. The number of likely N-dealkylation sites (N-methyl/N-ethyl adjacent to an activating group) is 1. The summed E-state index contributed by atoms with van der Waals surface area (Å²) in [5.74, 6) is 0. The second-order valence-corrected chi connectivity index (χ2v) is 5.81. The summed E-state index contributed by atoms with van der Waals surface area (Å²) < 4.78 is 0. The van der Waals surface area contributed by atoms with Crippen LogP contribution in [-0.4, -0.2) is 30.0 Å². The van der Waals surface area contributed by atoms with Gasteiger partial charge in [-0.2, -0.15) is 0 Å². The number of hydrogen-bond donors (Lipinski definition) is 0. The minimum atomic E-state index is 0.944. The Hall–Kier alpha value is -1.93. The normalized spacial score (nSPS) is 11.9. The molecular formula is C20H26N2. The Labute approximate surface area is 134 Å². The zero-order chi connectivity index (χ0) is 15.8. The number of aromatic nitrogens is 1. The van der Waals surface area contributed by atoms with E-state index < -0.39 is 0 Å². The molecule has 0 atom stereocenters. The van der Waals surface area contributed by atoms with Crippen molar-refractivity contribution in [1.82, 2.24) is 9.88 Å². The average Bonchev–Trinajstić information content (AvgIpc) is 2.55. The standard InChI is InChI=1S/C20H26N2/c1-4-5-15-22(3)16-13-19(20-8-6-7-14-21-20)18-11-9-17(2)10-12-18/h6-14H,4-5,15-16H2,1-3H3/b19-13+. The fourth-order valence-corrected chi connectivity index (χ4v) is 2.39. The van der Waals surface area contributed by atoms with Crippen molar-refractivity contribution in [2.75, 3.05) is 20.1 Å². The van der Waals surface area contributed by atoms with E-state index in [2.05, 4.69) is 67.2 Å². The third-order valence-corrected chi connectivity index (χ3v) is 3.80. The number of aryl methyl sites for hydroxylation is 1. The van der Waals surface area contributed by atoms with Gasteiger partial charge in [-0.25, -0.2) is 0 Å². The maximum absolute atomic E-state index is 4.53. The van der Waals surface area contributed by atoms with Crippen LogP contribution in [-0.2, 0) is 0 Å². The van der Waals surface area contributed by atoms with Gasteiger partial charge >= 0.3 is 0 Å². The Kier molecular flexibility index (Phi) is 6.35. The first-order valence-corrected chi connectivity index (χ1v) is 8.08. The number of rotatable bonds is 7. The molecule has 0 spiro atoms. The summed E-state index contributed by atoms with van der Waals surface area (Å²) in [5.41, 5.74) is 4.76. The average molecular weight is 294 g/mol. The molecule has 2 aromatic rings. The molecule has 0 unspecified atom stereocenters. The van der Waals surface area contributed by atoms with Crippen LogP contribution in [0.1, 0.15) is 36.6 Å². The van der Waals surface area contributed by atoms with Crippen molar-refractivity contribution in [1.29, 1.82) is 0 Å². The first kappa shape index (κ1) is 16.4. The van der Waals surface area contributed by atoms with Gasteiger partial charge in [0.15, 0.2) is 0 Å². The van der Waals surface area contributed by atoms with E-state index in [4.69, 9.17) is 0 Å². The maximum Gasteiger partial charge on any atom is 0.0705 e. The lowest BCUT2D eigenvalue weighted by atomic mass is 10.0. The van der Waals surface area contributed by atoms with E-state index in [-0.39, 0.29) is 0 Å². The van der Waals surface area contributed by atoms with Gasteiger partial charge in [-0.1, -0.05) is 55.3 Å². The topological polar surface area (TPSA) is 16.1 Å². The second-order valence-electron chi connectivity index (χ2n) is 5.81. The molecule has 1 heterocycles. The van der Waals surface area contributed by atoms with Gasteiger partial charge in [0, 0.05) is 18.3 Å². The molecule has 22 heavy (non-hydrogen) atoms. The summed E-state index contributed by atoms with van der Waals surface area (Å²) in [6.07, 6.45) is 6.63. The van der Waals surface area contributed by atoms with E-state index in [1.54, 1.807) is 0 Å². The van der Waals surface area contributed by atoms with Crippen LogP contribution in [0.4, 0.5) is 0 Å². The molecule has 0 aliphatic carbocycles. The van der Waals surface area contributed by atoms with Gasteiger partial charge in [0.2, 0.25) is 0 Å². The fraction of sp³-hybridized carbons (Fsp3) is 0.350. The molecule has 1 aromatic heterocycles. The highest BCUT2D eigenvalue weighted by atomic mass is 15.1. The molecule has 0 saturated heterocycles. The molecule has 0 bridgehead atoms. The minimum absolute atomic E-state index is 0.944. The largest absolute Gasteiger partial charge is 0.303 e. The molecule has 0 aliphatic heterocycles. The molecule has 0 N–H and O–H groups in total. The van der Waals surface area contributed by atoms with Crippen LogP contribution >= 0.6 is 0 Å². The molecular weight excluding hydrogens is 268 g/mol. The molecule has 116 valence electrons. The maximum atomic E-state index is 4.53. The van der Waals surface area contributed by atoms with Gasteiger partial charge in [-0.3, -0.25) is 4.98 Å². The number of unbranched alkanes of at least 4 members (excludes halogenated alkanes) is 1. The first-order valence-electron chi connectivity index (χ1n) is 8.08. The summed E-state index contributed by atoms with van der Waals surface area (Å²) in [5, 5.41) is 0. The Balaban J connectivity index is 2.24. The fourth-order valence-electron chi connectivity index (χ4n) is 2.39. The molecule has 0 radical (unpaired) electrons. The Morgan fingerprint density at radius 3 is 2.55 bits per heavy atom. The van der Waals surface area contributed by atoms with Gasteiger partial charge in [0.1, 0.15) is 0 Å². The lowest BCUT2D eigenvalue weighted by Crippen LogP contribution is -2.19. The molecule has 2 heteroatoms. The van der Waals surface area contributed by atoms with Gasteiger partial charge < -0.3 is 4.90 Å². The summed E-state index contributed by atoms with van der Waals surface area (Å²) in [6.45, 7) is 6.43. The van der Waals surface area contributed by atoms with Crippen molar-refractivity contribution in [2.45, 2.75) is 26.7 Å². The van der Waals surface area contributed by atoms with Crippen LogP contribution in [0.15, 0.2) is 54.7 Å². The molecule has 0 fully saturated rings. The van der Waals surface area contributed by atoms with E-state index >= 15 is 0 Å². The van der Waals surface area contributed by atoms with Crippen LogP contribution in [0.5, 0.6) is 0 Å². The number of nitrogens with zero attached hydrogens (tertiary/aromatic N) is 2. The zero-order valence-corrected chi connectivity index (χ0v) is 13.9. The highest BCUT2D eigenvalue weighted by molar-refractivity contribution is 5.78. The predicted octanol–water partition coefficient (Wildman–Crippen LogP) is 4.55. The minimum Gasteiger partial charge on any atom is -0.303 e. The summed E-state index contributed by atoms with van der Waals surface area (Å²) >= 11 is 0. The predicted molar refractivity (Wildman–Crippen MR) is 94.9 cm³/mol. The van der Waals surface area contributed by atoms with Crippen molar-refractivity contribution >= 4 is 5.57 Å². The van der Waals surface area contributed by atoms with Gasteiger partial charge in [-0.15, -0.1) is 0 Å². The van der Waals surface area contributed by atoms with Crippen molar-refractivity contribution in [3.05, 3.63) is 71.6 Å². The van der Waals surface area contributed by atoms with E-state index in [1.807, 2.05) is 18.3 Å². The quantitative estimate of drug-likeness (QED) is 0.744. The third-order valence-electron chi connectivity index (χ3n) is 3.80. The third kappa shape index (κ3) is 4.81. The number of benzene rings is 1. The molecule has 0 amide bonds. The lowest BCUT2D eigenvalue weighted by Gasteiger charge is -2.15.